The summed E-state index contributed by atoms with van der Waals surface area (Å²) < 4.78 is 0. The number of fused-ring (bicyclic) bond motifs is 2. The Bertz CT molecular complexity index is 709. The molecule has 4 atom stereocenters. The van der Waals surface area contributed by atoms with Crippen molar-refractivity contribution in [3.8, 4) is 0 Å². The van der Waals surface area contributed by atoms with Gasteiger partial charge in [-0.25, -0.2) is 0 Å². The summed E-state index contributed by atoms with van der Waals surface area (Å²) in [4.78, 5) is 46.7. The zero-order chi connectivity index (χ0) is 16.2. The van der Waals surface area contributed by atoms with E-state index in [-0.39, 0.29) is 12.0 Å². The van der Waals surface area contributed by atoms with Gasteiger partial charge in [0.2, 0.25) is 11.6 Å². The molecule has 7 nitrogen and oxygen atoms in total. The highest BCUT2D eigenvalue weighted by molar-refractivity contribution is 6.46. The predicted molar refractivity (Wildman–Crippen MR) is 70.6 cm³/mol. The van der Waals surface area contributed by atoms with E-state index >= 15 is 0 Å². The molecule has 0 heterocycles. The zero-order valence-electron chi connectivity index (χ0n) is 11.2. The molecule has 0 aromatic rings. The van der Waals surface area contributed by atoms with Crippen molar-refractivity contribution in [3.63, 3.8) is 0 Å². The fourth-order valence-electron chi connectivity index (χ4n) is 3.26. The fraction of sp³-hybridized carbons (Fsp3) is 0.333. The molecule has 0 radical (unpaired) electrons. The van der Waals surface area contributed by atoms with Crippen LogP contribution in [0.15, 0.2) is 35.3 Å². The van der Waals surface area contributed by atoms with E-state index in [9.17, 15) is 34.5 Å². The third-order valence-corrected chi connectivity index (χ3v) is 4.31. The minimum atomic E-state index is -1.21. The van der Waals surface area contributed by atoms with Crippen LogP contribution in [0.4, 0.5) is 0 Å². The summed E-state index contributed by atoms with van der Waals surface area (Å²) >= 11 is 0. The van der Waals surface area contributed by atoms with E-state index < -0.39 is 58.5 Å². The molecule has 0 aromatic heterocycles. The molecule has 3 N–H and O–H groups in total. The molecule has 0 spiro atoms. The van der Waals surface area contributed by atoms with E-state index in [1.165, 1.54) is 0 Å². The first-order chi connectivity index (χ1) is 10.3. The van der Waals surface area contributed by atoms with Crippen molar-refractivity contribution in [2.24, 2.45) is 17.8 Å². The van der Waals surface area contributed by atoms with E-state index in [0.717, 1.165) is 18.2 Å². The van der Waals surface area contributed by atoms with E-state index in [2.05, 4.69) is 0 Å². The van der Waals surface area contributed by atoms with Gasteiger partial charge >= 0.3 is 0 Å². The van der Waals surface area contributed by atoms with Gasteiger partial charge in [-0.3, -0.25) is 19.2 Å². The number of hydrogen-bond acceptors (Lipinski definition) is 7. The monoisotopic (exact) mass is 304 g/mol. The van der Waals surface area contributed by atoms with Gasteiger partial charge in [0.05, 0.1) is 17.9 Å². The molecule has 0 aliphatic heterocycles. The van der Waals surface area contributed by atoms with Gasteiger partial charge in [0.1, 0.15) is 11.5 Å². The second-order valence-electron chi connectivity index (χ2n) is 5.59. The standard InChI is InChI=1S/C15H12O7/c16-7-3-10(19)9(18)1-5(7)13-11(20)2-6-8(17)4-12(21)14(13)15(6)22/h1,3-4,6,11,13-14,16,20-21H,2H2. The Hall–Kier alpha value is -2.54. The minimum absolute atomic E-state index is 0.0804. The van der Waals surface area contributed by atoms with Crippen molar-refractivity contribution in [2.45, 2.75) is 12.5 Å². The van der Waals surface area contributed by atoms with Gasteiger partial charge in [-0.15, -0.1) is 0 Å². The van der Waals surface area contributed by atoms with E-state index in [0.29, 0.717) is 0 Å². The van der Waals surface area contributed by atoms with Gasteiger partial charge in [0, 0.05) is 23.6 Å². The van der Waals surface area contributed by atoms with Crippen LogP contribution < -0.4 is 0 Å². The second kappa shape index (κ2) is 4.74. The lowest BCUT2D eigenvalue weighted by Gasteiger charge is -2.40. The average Bonchev–Trinajstić information content (AvgIpc) is 2.43. The van der Waals surface area contributed by atoms with Crippen LogP contribution in [0.1, 0.15) is 6.42 Å². The Morgan fingerprint density at radius 2 is 1.59 bits per heavy atom. The number of ketones is 4. The summed E-state index contributed by atoms with van der Waals surface area (Å²) in [7, 11) is 0. The van der Waals surface area contributed by atoms with Crippen molar-refractivity contribution in [2.75, 3.05) is 0 Å². The van der Waals surface area contributed by atoms with Crippen molar-refractivity contribution in [1.82, 2.24) is 0 Å². The van der Waals surface area contributed by atoms with Gasteiger partial charge in [-0.1, -0.05) is 0 Å². The number of carbonyl (C=O) groups is 4. The predicted octanol–water partition coefficient (Wildman–Crippen LogP) is -0.287. The highest BCUT2D eigenvalue weighted by atomic mass is 16.3. The number of aliphatic hydroxyl groups excluding tert-OH is 3. The molecule has 1 saturated carbocycles. The van der Waals surface area contributed by atoms with Gasteiger partial charge in [0.15, 0.2) is 11.6 Å². The van der Waals surface area contributed by atoms with Crippen LogP contribution in [-0.2, 0) is 19.2 Å². The number of carbonyl (C=O) groups excluding carboxylic acids is 4. The number of rotatable bonds is 1. The van der Waals surface area contributed by atoms with E-state index in [1.807, 2.05) is 0 Å². The maximum Gasteiger partial charge on any atom is 0.229 e. The lowest BCUT2D eigenvalue weighted by molar-refractivity contribution is -0.142. The highest BCUT2D eigenvalue weighted by Crippen LogP contribution is 2.44. The summed E-state index contributed by atoms with van der Waals surface area (Å²) in [5.41, 5.74) is -0.0804. The molecule has 3 rings (SSSR count). The van der Waals surface area contributed by atoms with Gasteiger partial charge in [-0.2, -0.15) is 0 Å². The van der Waals surface area contributed by atoms with Crippen LogP contribution in [0.2, 0.25) is 0 Å². The SMILES string of the molecule is O=C1C=C(O)C(C2C(O)CC3C(=O)C=C(O)C2C3=O)=CC1=O. The lowest BCUT2D eigenvalue weighted by Crippen LogP contribution is -2.50. The first-order valence-corrected chi connectivity index (χ1v) is 6.68. The van der Waals surface area contributed by atoms with Crippen LogP contribution in [0, 0.1) is 17.8 Å². The Morgan fingerprint density at radius 3 is 2.27 bits per heavy atom. The molecule has 114 valence electrons. The molecule has 3 aliphatic carbocycles. The third kappa shape index (κ3) is 1.93. The summed E-state index contributed by atoms with van der Waals surface area (Å²) in [5, 5.41) is 30.0. The molecule has 0 saturated heterocycles. The maximum atomic E-state index is 12.3. The van der Waals surface area contributed by atoms with E-state index in [4.69, 9.17) is 0 Å². The molecular formula is C15H12O7. The molecule has 1 fully saturated rings. The normalized spacial score (nSPS) is 35.0. The zero-order valence-corrected chi connectivity index (χ0v) is 11.2. The van der Waals surface area contributed by atoms with Gasteiger partial charge in [0.25, 0.3) is 0 Å². The van der Waals surface area contributed by atoms with Crippen LogP contribution in [0.5, 0.6) is 0 Å². The quantitative estimate of drug-likeness (QED) is 0.345. The Balaban J connectivity index is 2.09. The lowest BCUT2D eigenvalue weighted by atomic mass is 9.63. The molecule has 4 unspecified atom stereocenters. The topological polar surface area (TPSA) is 129 Å². The van der Waals surface area contributed by atoms with Crippen LogP contribution in [-0.4, -0.2) is 44.6 Å². The average molecular weight is 304 g/mol. The largest absolute Gasteiger partial charge is 0.511 e. The number of hydrogen-bond donors (Lipinski definition) is 3. The Morgan fingerprint density at radius 1 is 0.955 bits per heavy atom. The first kappa shape index (κ1) is 14.4. The Kier molecular flexibility index (Phi) is 3.10. The molecule has 7 heteroatoms. The number of aliphatic hydroxyl groups is 3. The van der Waals surface area contributed by atoms with Crippen molar-refractivity contribution < 1.29 is 34.5 Å². The summed E-state index contributed by atoms with van der Waals surface area (Å²) in [6.07, 6.45) is 1.15. The smallest absolute Gasteiger partial charge is 0.229 e. The molecule has 2 bridgehead atoms. The summed E-state index contributed by atoms with van der Waals surface area (Å²) in [6, 6.07) is 0. The van der Waals surface area contributed by atoms with Crippen molar-refractivity contribution in [1.29, 1.82) is 0 Å². The summed E-state index contributed by atoms with van der Waals surface area (Å²) in [5.74, 6) is -7.27. The van der Waals surface area contributed by atoms with Crippen molar-refractivity contribution >= 4 is 23.1 Å². The van der Waals surface area contributed by atoms with Crippen LogP contribution in [0.3, 0.4) is 0 Å². The molecule has 0 amide bonds. The molecule has 3 aliphatic rings. The first-order valence-electron chi connectivity index (χ1n) is 6.68. The second-order valence-corrected chi connectivity index (χ2v) is 5.59. The minimum Gasteiger partial charge on any atom is -0.511 e. The van der Waals surface area contributed by atoms with Crippen LogP contribution in [0.25, 0.3) is 0 Å². The fourth-order valence-corrected chi connectivity index (χ4v) is 3.26. The van der Waals surface area contributed by atoms with Crippen molar-refractivity contribution in [3.05, 3.63) is 35.3 Å². The molecule has 22 heavy (non-hydrogen) atoms. The maximum absolute atomic E-state index is 12.3. The Labute approximate surface area is 124 Å². The number of Topliss-reactive ketones (excluding diaryl/α,β-unsaturated/α-hetero) is 1. The van der Waals surface area contributed by atoms with Gasteiger partial charge < -0.3 is 15.3 Å². The van der Waals surface area contributed by atoms with E-state index in [1.54, 1.807) is 0 Å². The highest BCUT2D eigenvalue weighted by Gasteiger charge is 2.52. The van der Waals surface area contributed by atoms with Crippen LogP contribution >= 0.6 is 0 Å². The number of allylic oxidation sites excluding steroid dienone is 5. The summed E-state index contributed by atoms with van der Waals surface area (Å²) in [6.45, 7) is 0. The van der Waals surface area contributed by atoms with Gasteiger partial charge in [-0.05, 0) is 12.5 Å². The molecular weight excluding hydrogens is 292 g/mol. The third-order valence-electron chi connectivity index (χ3n) is 4.31. The molecule has 0 aromatic carbocycles.